The SMILES string of the molecule is CCCNNC(=O)C1c2ccccc2Oc2ccccc21. The zero-order valence-electron chi connectivity index (χ0n) is 11.9. The van der Waals surface area contributed by atoms with Gasteiger partial charge in [-0.3, -0.25) is 10.2 Å². The molecule has 4 nitrogen and oxygen atoms in total. The Bertz CT molecular complexity index is 609. The number of carbonyl (C=O) groups excluding carboxylic acids is 1. The van der Waals surface area contributed by atoms with Crippen molar-refractivity contribution in [2.75, 3.05) is 6.54 Å². The fraction of sp³-hybridized carbons (Fsp3) is 0.235. The third-order valence-corrected chi connectivity index (χ3v) is 3.53. The van der Waals surface area contributed by atoms with Crippen molar-refractivity contribution >= 4 is 5.91 Å². The number of fused-ring (bicyclic) bond motifs is 2. The van der Waals surface area contributed by atoms with E-state index in [0.29, 0.717) is 0 Å². The van der Waals surface area contributed by atoms with Gasteiger partial charge in [0.1, 0.15) is 11.5 Å². The number of ether oxygens (including phenoxy) is 1. The fourth-order valence-electron chi connectivity index (χ4n) is 2.54. The number of hydrogen-bond donors (Lipinski definition) is 2. The van der Waals surface area contributed by atoms with Crippen molar-refractivity contribution in [3.05, 3.63) is 59.7 Å². The topological polar surface area (TPSA) is 50.4 Å². The number of amides is 1. The summed E-state index contributed by atoms with van der Waals surface area (Å²) >= 11 is 0. The maximum atomic E-state index is 12.6. The molecule has 0 bridgehead atoms. The van der Waals surface area contributed by atoms with Crippen molar-refractivity contribution in [3.63, 3.8) is 0 Å². The first-order chi connectivity index (χ1) is 10.3. The second-order valence-electron chi connectivity index (χ2n) is 5.03. The number of para-hydroxylation sites is 2. The molecule has 0 atom stereocenters. The number of rotatable bonds is 4. The van der Waals surface area contributed by atoms with Crippen molar-refractivity contribution in [3.8, 4) is 11.5 Å². The van der Waals surface area contributed by atoms with Crippen LogP contribution >= 0.6 is 0 Å². The lowest BCUT2D eigenvalue weighted by atomic mass is 9.87. The van der Waals surface area contributed by atoms with Crippen molar-refractivity contribution < 1.29 is 9.53 Å². The molecule has 0 radical (unpaired) electrons. The van der Waals surface area contributed by atoms with Crippen LogP contribution in [0.4, 0.5) is 0 Å². The molecule has 0 unspecified atom stereocenters. The van der Waals surface area contributed by atoms with Gasteiger partial charge in [-0.1, -0.05) is 43.3 Å². The van der Waals surface area contributed by atoms with Crippen molar-refractivity contribution in [1.29, 1.82) is 0 Å². The standard InChI is InChI=1S/C17H18N2O2/c1-2-11-18-19-17(20)16-12-7-3-5-9-14(12)21-15-10-6-4-8-13(15)16/h3-10,16,18H,2,11H2,1H3,(H,19,20). The summed E-state index contributed by atoms with van der Waals surface area (Å²) in [5, 5.41) is 0. The first-order valence-electron chi connectivity index (χ1n) is 7.19. The summed E-state index contributed by atoms with van der Waals surface area (Å²) in [6.45, 7) is 2.80. The van der Waals surface area contributed by atoms with Crippen LogP contribution in [0.15, 0.2) is 48.5 Å². The molecule has 0 fully saturated rings. The Morgan fingerprint density at radius 3 is 2.19 bits per heavy atom. The van der Waals surface area contributed by atoms with Crippen LogP contribution in [0, 0.1) is 0 Å². The van der Waals surface area contributed by atoms with Gasteiger partial charge in [-0.05, 0) is 18.6 Å². The minimum atomic E-state index is -0.351. The van der Waals surface area contributed by atoms with Gasteiger partial charge in [0.15, 0.2) is 0 Å². The van der Waals surface area contributed by atoms with E-state index in [-0.39, 0.29) is 11.8 Å². The van der Waals surface area contributed by atoms with E-state index in [4.69, 9.17) is 4.74 Å². The predicted molar refractivity (Wildman–Crippen MR) is 81.2 cm³/mol. The quantitative estimate of drug-likeness (QED) is 0.669. The molecule has 1 amide bonds. The molecule has 1 aliphatic heterocycles. The molecule has 108 valence electrons. The van der Waals surface area contributed by atoms with Crippen LogP contribution in [0.2, 0.25) is 0 Å². The van der Waals surface area contributed by atoms with E-state index >= 15 is 0 Å². The summed E-state index contributed by atoms with van der Waals surface area (Å²) in [7, 11) is 0. The van der Waals surface area contributed by atoms with E-state index in [2.05, 4.69) is 17.8 Å². The Hall–Kier alpha value is -2.33. The normalized spacial score (nSPS) is 13.0. The molecule has 1 heterocycles. The summed E-state index contributed by atoms with van der Waals surface area (Å²) < 4.78 is 5.88. The molecule has 2 N–H and O–H groups in total. The highest BCUT2D eigenvalue weighted by Gasteiger charge is 2.32. The molecule has 0 aliphatic carbocycles. The van der Waals surface area contributed by atoms with Crippen molar-refractivity contribution in [2.45, 2.75) is 19.3 Å². The number of nitrogens with one attached hydrogen (secondary N) is 2. The van der Waals surface area contributed by atoms with Crippen LogP contribution in [0.25, 0.3) is 0 Å². The monoisotopic (exact) mass is 282 g/mol. The molecule has 4 heteroatoms. The lowest BCUT2D eigenvalue weighted by Crippen LogP contribution is -2.41. The molecule has 0 saturated heterocycles. The predicted octanol–water partition coefficient (Wildman–Crippen LogP) is 2.96. The van der Waals surface area contributed by atoms with E-state index in [9.17, 15) is 4.79 Å². The Balaban J connectivity index is 1.96. The van der Waals surface area contributed by atoms with Gasteiger partial charge in [0.2, 0.25) is 5.91 Å². The molecular weight excluding hydrogens is 264 g/mol. The summed E-state index contributed by atoms with van der Waals surface area (Å²) in [5.74, 6) is 1.07. The second-order valence-corrected chi connectivity index (χ2v) is 5.03. The highest BCUT2D eigenvalue weighted by Crippen LogP contribution is 2.43. The molecule has 1 aliphatic rings. The highest BCUT2D eigenvalue weighted by molar-refractivity contribution is 5.89. The summed E-state index contributed by atoms with van der Waals surface area (Å²) in [5.41, 5.74) is 7.53. The number of hydrazine groups is 1. The van der Waals surface area contributed by atoms with Gasteiger partial charge in [-0.15, -0.1) is 0 Å². The van der Waals surface area contributed by atoms with E-state index in [1.54, 1.807) is 0 Å². The molecule has 0 saturated carbocycles. The van der Waals surface area contributed by atoms with E-state index < -0.39 is 0 Å². The van der Waals surface area contributed by atoms with Crippen molar-refractivity contribution in [1.82, 2.24) is 10.9 Å². The van der Waals surface area contributed by atoms with Gasteiger partial charge >= 0.3 is 0 Å². The van der Waals surface area contributed by atoms with Gasteiger partial charge in [0.05, 0.1) is 5.92 Å². The number of benzene rings is 2. The summed E-state index contributed by atoms with van der Waals surface area (Å²) in [4.78, 5) is 12.6. The van der Waals surface area contributed by atoms with Crippen molar-refractivity contribution in [2.24, 2.45) is 0 Å². The van der Waals surface area contributed by atoms with Gasteiger partial charge in [-0.2, -0.15) is 0 Å². The maximum Gasteiger partial charge on any atom is 0.246 e. The molecule has 2 aromatic rings. The lowest BCUT2D eigenvalue weighted by molar-refractivity contribution is -0.122. The highest BCUT2D eigenvalue weighted by atomic mass is 16.5. The molecule has 0 aromatic heterocycles. The Morgan fingerprint density at radius 2 is 1.62 bits per heavy atom. The van der Waals surface area contributed by atoms with E-state index in [0.717, 1.165) is 35.6 Å². The average molecular weight is 282 g/mol. The lowest BCUT2D eigenvalue weighted by Gasteiger charge is -2.27. The zero-order valence-corrected chi connectivity index (χ0v) is 11.9. The third-order valence-electron chi connectivity index (χ3n) is 3.53. The molecule has 0 spiro atoms. The smallest absolute Gasteiger partial charge is 0.246 e. The Kier molecular flexibility index (Phi) is 3.88. The second kappa shape index (κ2) is 5.97. The van der Waals surface area contributed by atoms with Gasteiger partial charge in [-0.25, -0.2) is 5.43 Å². The minimum Gasteiger partial charge on any atom is -0.457 e. The number of carbonyl (C=O) groups is 1. The molecule has 2 aromatic carbocycles. The minimum absolute atomic E-state index is 0.0633. The summed E-state index contributed by atoms with van der Waals surface area (Å²) in [6.07, 6.45) is 0.960. The van der Waals surface area contributed by atoms with E-state index in [1.165, 1.54) is 0 Å². The largest absolute Gasteiger partial charge is 0.457 e. The van der Waals surface area contributed by atoms with Crippen LogP contribution in [0.5, 0.6) is 11.5 Å². The molecule has 21 heavy (non-hydrogen) atoms. The van der Waals surface area contributed by atoms with Gasteiger partial charge in [0, 0.05) is 17.7 Å². The molecular formula is C17H18N2O2. The van der Waals surface area contributed by atoms with Crippen LogP contribution < -0.4 is 15.6 Å². The van der Waals surface area contributed by atoms with Gasteiger partial charge < -0.3 is 4.74 Å². The van der Waals surface area contributed by atoms with Gasteiger partial charge in [0.25, 0.3) is 0 Å². The number of hydrogen-bond acceptors (Lipinski definition) is 3. The first-order valence-corrected chi connectivity index (χ1v) is 7.19. The van der Waals surface area contributed by atoms with E-state index in [1.807, 2.05) is 48.5 Å². The van der Waals surface area contributed by atoms with Crippen LogP contribution in [-0.4, -0.2) is 12.5 Å². The maximum absolute atomic E-state index is 12.6. The first kappa shape index (κ1) is 13.6. The zero-order chi connectivity index (χ0) is 14.7. The average Bonchev–Trinajstić information content (AvgIpc) is 2.52. The van der Waals surface area contributed by atoms with Crippen LogP contribution in [0.3, 0.4) is 0 Å². The van der Waals surface area contributed by atoms with Crippen LogP contribution in [0.1, 0.15) is 30.4 Å². The Morgan fingerprint density at radius 1 is 1.05 bits per heavy atom. The summed E-state index contributed by atoms with van der Waals surface area (Å²) in [6, 6.07) is 15.3. The Labute approximate surface area is 124 Å². The third kappa shape index (κ3) is 2.62. The molecule has 3 rings (SSSR count). The van der Waals surface area contributed by atoms with Crippen LogP contribution in [-0.2, 0) is 4.79 Å². The fourth-order valence-corrected chi connectivity index (χ4v) is 2.54.